The van der Waals surface area contributed by atoms with Crippen LogP contribution >= 0.6 is 23.1 Å². The molecule has 0 aliphatic carbocycles. The van der Waals surface area contributed by atoms with Gasteiger partial charge in [-0.25, -0.2) is 4.98 Å². The molecule has 1 amide bonds. The van der Waals surface area contributed by atoms with Crippen molar-refractivity contribution in [3.05, 3.63) is 24.3 Å². The number of ether oxygens (including phenoxy) is 1. The monoisotopic (exact) mass is 324 g/mol. The third-order valence-electron chi connectivity index (χ3n) is 2.56. The summed E-state index contributed by atoms with van der Waals surface area (Å²) >= 11 is 2.97. The third-order valence-corrected chi connectivity index (χ3v) is 4.74. The molecule has 0 aliphatic heterocycles. The second kappa shape index (κ2) is 7.99. The van der Waals surface area contributed by atoms with Gasteiger partial charge in [-0.1, -0.05) is 23.9 Å². The van der Waals surface area contributed by atoms with E-state index in [-0.39, 0.29) is 18.3 Å². The lowest BCUT2D eigenvalue weighted by Crippen LogP contribution is -2.28. The average Bonchev–Trinajstić information content (AvgIpc) is 2.88. The summed E-state index contributed by atoms with van der Waals surface area (Å²) in [4.78, 5) is 27.2. The van der Waals surface area contributed by atoms with Crippen LogP contribution in [0.1, 0.15) is 13.3 Å². The second-order valence-electron chi connectivity index (χ2n) is 4.14. The van der Waals surface area contributed by atoms with E-state index in [1.54, 1.807) is 18.3 Å². The number of hydrogen-bond acceptors (Lipinski definition) is 6. The highest BCUT2D eigenvalue weighted by molar-refractivity contribution is 8.01. The van der Waals surface area contributed by atoms with Crippen molar-refractivity contribution in [2.75, 3.05) is 18.9 Å². The summed E-state index contributed by atoms with van der Waals surface area (Å²) in [5.74, 6) is -0.108. The van der Waals surface area contributed by atoms with E-state index in [2.05, 4.69) is 10.3 Å². The molecule has 5 nitrogen and oxygen atoms in total. The summed E-state index contributed by atoms with van der Waals surface area (Å²) in [6.45, 7) is 2.42. The van der Waals surface area contributed by atoms with Crippen molar-refractivity contribution in [1.29, 1.82) is 0 Å². The topological polar surface area (TPSA) is 68.3 Å². The van der Waals surface area contributed by atoms with E-state index in [1.165, 1.54) is 11.8 Å². The first kappa shape index (κ1) is 15.8. The Bertz CT molecular complexity index is 594. The highest BCUT2D eigenvalue weighted by atomic mass is 32.2. The smallest absolute Gasteiger partial charge is 0.307 e. The highest BCUT2D eigenvalue weighted by Gasteiger charge is 2.08. The van der Waals surface area contributed by atoms with Crippen LogP contribution in [0.5, 0.6) is 0 Å². The van der Waals surface area contributed by atoms with Gasteiger partial charge < -0.3 is 10.1 Å². The van der Waals surface area contributed by atoms with E-state index in [0.29, 0.717) is 18.9 Å². The molecule has 112 valence electrons. The number of esters is 1. The number of nitrogens with zero attached hydrogens (tertiary/aromatic N) is 1. The molecular weight excluding hydrogens is 308 g/mol. The van der Waals surface area contributed by atoms with Crippen molar-refractivity contribution in [2.24, 2.45) is 0 Å². The molecular formula is C14H16N2O3S2. The van der Waals surface area contributed by atoms with Gasteiger partial charge in [-0.3, -0.25) is 9.59 Å². The van der Waals surface area contributed by atoms with E-state index < -0.39 is 0 Å². The molecule has 0 radical (unpaired) electrons. The van der Waals surface area contributed by atoms with E-state index >= 15 is 0 Å². The van der Waals surface area contributed by atoms with Crippen molar-refractivity contribution in [2.45, 2.75) is 17.7 Å². The van der Waals surface area contributed by atoms with Crippen LogP contribution in [0.25, 0.3) is 10.2 Å². The summed E-state index contributed by atoms with van der Waals surface area (Å²) in [5, 5.41) is 2.69. The predicted molar refractivity (Wildman–Crippen MR) is 84.6 cm³/mol. The zero-order valence-electron chi connectivity index (χ0n) is 11.6. The lowest BCUT2D eigenvalue weighted by molar-refractivity contribution is -0.142. The van der Waals surface area contributed by atoms with E-state index in [4.69, 9.17) is 4.74 Å². The Labute approximate surface area is 131 Å². The van der Waals surface area contributed by atoms with Gasteiger partial charge in [-0.05, 0) is 19.1 Å². The van der Waals surface area contributed by atoms with Gasteiger partial charge in [0.1, 0.15) is 0 Å². The average molecular weight is 324 g/mol. The van der Waals surface area contributed by atoms with Crippen LogP contribution in [-0.4, -0.2) is 35.8 Å². The maximum Gasteiger partial charge on any atom is 0.307 e. The number of thiazole rings is 1. The molecule has 2 aromatic rings. The number of amides is 1. The summed E-state index contributed by atoms with van der Waals surface area (Å²) in [6.07, 6.45) is 0.200. The van der Waals surface area contributed by atoms with Gasteiger partial charge in [0.05, 0.1) is 29.0 Å². The molecule has 2 rings (SSSR count). The molecule has 1 aromatic heterocycles. The van der Waals surface area contributed by atoms with Crippen molar-refractivity contribution < 1.29 is 14.3 Å². The van der Waals surface area contributed by atoms with Gasteiger partial charge in [-0.15, -0.1) is 11.3 Å². The van der Waals surface area contributed by atoms with Crippen LogP contribution in [0, 0.1) is 0 Å². The number of rotatable bonds is 7. The zero-order valence-corrected chi connectivity index (χ0v) is 13.3. The van der Waals surface area contributed by atoms with Gasteiger partial charge >= 0.3 is 5.97 Å². The van der Waals surface area contributed by atoms with E-state index in [1.807, 2.05) is 24.3 Å². The predicted octanol–water partition coefficient (Wildman–Crippen LogP) is 2.46. The Morgan fingerprint density at radius 1 is 1.38 bits per heavy atom. The third kappa shape index (κ3) is 5.02. The molecule has 7 heteroatoms. The van der Waals surface area contributed by atoms with Gasteiger partial charge in [0.15, 0.2) is 4.34 Å². The Morgan fingerprint density at radius 2 is 2.19 bits per heavy atom. The number of carbonyl (C=O) groups is 2. The van der Waals surface area contributed by atoms with Gasteiger partial charge in [0, 0.05) is 6.54 Å². The Balaban J connectivity index is 1.72. The molecule has 0 bridgehead atoms. The minimum absolute atomic E-state index is 0.108. The molecule has 1 aromatic carbocycles. The normalized spacial score (nSPS) is 10.5. The first-order chi connectivity index (χ1) is 10.2. The Morgan fingerprint density at radius 3 is 2.95 bits per heavy atom. The Kier molecular flexibility index (Phi) is 6.01. The molecule has 0 spiro atoms. The SMILES string of the molecule is CCOC(=O)CCNC(=O)CSc1nc2ccccc2s1. The van der Waals surface area contributed by atoms with Crippen LogP contribution in [0.4, 0.5) is 0 Å². The quantitative estimate of drug-likeness (QED) is 0.626. The number of para-hydroxylation sites is 1. The molecule has 0 atom stereocenters. The van der Waals surface area contributed by atoms with Crippen molar-refractivity contribution in [1.82, 2.24) is 10.3 Å². The largest absolute Gasteiger partial charge is 0.466 e. The number of carbonyl (C=O) groups excluding carboxylic acids is 2. The van der Waals surface area contributed by atoms with Crippen LogP contribution in [0.2, 0.25) is 0 Å². The van der Waals surface area contributed by atoms with Crippen LogP contribution in [0.15, 0.2) is 28.6 Å². The van der Waals surface area contributed by atoms with Crippen LogP contribution in [0.3, 0.4) is 0 Å². The fourth-order valence-electron chi connectivity index (χ4n) is 1.63. The van der Waals surface area contributed by atoms with E-state index in [9.17, 15) is 9.59 Å². The zero-order chi connectivity index (χ0) is 15.1. The number of aromatic nitrogens is 1. The summed E-state index contributed by atoms with van der Waals surface area (Å²) in [6, 6.07) is 7.88. The molecule has 0 saturated carbocycles. The number of fused-ring (bicyclic) bond motifs is 1. The van der Waals surface area contributed by atoms with Gasteiger partial charge in [0.2, 0.25) is 5.91 Å². The number of thioether (sulfide) groups is 1. The lowest BCUT2D eigenvalue weighted by Gasteiger charge is -2.04. The molecule has 0 saturated heterocycles. The van der Waals surface area contributed by atoms with Crippen molar-refractivity contribution in [3.8, 4) is 0 Å². The van der Waals surface area contributed by atoms with Crippen LogP contribution < -0.4 is 5.32 Å². The first-order valence-electron chi connectivity index (χ1n) is 6.59. The molecule has 1 heterocycles. The highest BCUT2D eigenvalue weighted by Crippen LogP contribution is 2.28. The standard InChI is InChI=1S/C14H16N2O3S2/c1-2-19-13(18)7-8-15-12(17)9-20-14-16-10-5-3-4-6-11(10)21-14/h3-6H,2,7-9H2,1H3,(H,15,17). The van der Waals surface area contributed by atoms with E-state index in [0.717, 1.165) is 14.6 Å². The van der Waals surface area contributed by atoms with Crippen molar-refractivity contribution in [3.63, 3.8) is 0 Å². The van der Waals surface area contributed by atoms with Gasteiger partial charge in [-0.2, -0.15) is 0 Å². The minimum atomic E-state index is -0.295. The lowest BCUT2D eigenvalue weighted by atomic mass is 10.3. The number of benzene rings is 1. The summed E-state index contributed by atoms with van der Waals surface area (Å²) in [7, 11) is 0. The molecule has 0 fully saturated rings. The number of hydrogen-bond donors (Lipinski definition) is 1. The maximum atomic E-state index is 11.7. The molecule has 21 heavy (non-hydrogen) atoms. The minimum Gasteiger partial charge on any atom is -0.466 e. The summed E-state index contributed by atoms with van der Waals surface area (Å²) < 4.78 is 6.77. The van der Waals surface area contributed by atoms with Crippen LogP contribution in [-0.2, 0) is 14.3 Å². The first-order valence-corrected chi connectivity index (χ1v) is 8.40. The number of nitrogens with one attached hydrogen (secondary N) is 1. The molecule has 0 aliphatic rings. The fourth-order valence-corrected chi connectivity index (χ4v) is 3.53. The fraction of sp³-hybridized carbons (Fsp3) is 0.357. The van der Waals surface area contributed by atoms with Gasteiger partial charge in [0.25, 0.3) is 0 Å². The second-order valence-corrected chi connectivity index (χ2v) is 6.39. The summed E-state index contributed by atoms with van der Waals surface area (Å²) in [5.41, 5.74) is 0.952. The molecule has 1 N–H and O–H groups in total. The molecule has 0 unspecified atom stereocenters. The Hall–Kier alpha value is -1.60. The maximum absolute atomic E-state index is 11.7. The van der Waals surface area contributed by atoms with Crippen molar-refractivity contribution >= 4 is 45.2 Å².